The zero-order valence-electron chi connectivity index (χ0n) is 19.9. The smallest absolute Gasteiger partial charge is 0.260 e. The third kappa shape index (κ3) is 4.16. The molecule has 0 aliphatic carbocycles. The number of amides is 2. The highest BCUT2D eigenvalue weighted by molar-refractivity contribution is 6.31. The molecule has 1 saturated heterocycles. The SMILES string of the molecule is CN1CCN(c2ccc(N/C=C3\C(=O)NC(=O)c4ccc(-c5ccc6c(c5)OCO6)cc43)cc2)CC1. The van der Waals surface area contributed by atoms with Crippen molar-refractivity contribution in [3.05, 3.63) is 78.0 Å². The van der Waals surface area contributed by atoms with E-state index in [1.807, 2.05) is 42.5 Å². The molecule has 3 aliphatic rings. The molecular weight excluding hydrogens is 456 g/mol. The summed E-state index contributed by atoms with van der Waals surface area (Å²) in [7, 11) is 2.14. The van der Waals surface area contributed by atoms with E-state index in [0.29, 0.717) is 28.2 Å². The van der Waals surface area contributed by atoms with Gasteiger partial charge in [-0.2, -0.15) is 0 Å². The Balaban J connectivity index is 1.27. The Bertz CT molecular complexity index is 1370. The van der Waals surface area contributed by atoms with Crippen molar-refractivity contribution < 1.29 is 19.1 Å². The van der Waals surface area contributed by atoms with Crippen molar-refractivity contribution in [2.24, 2.45) is 0 Å². The minimum absolute atomic E-state index is 0.201. The van der Waals surface area contributed by atoms with Crippen LogP contribution < -0.4 is 25.0 Å². The van der Waals surface area contributed by atoms with E-state index in [1.165, 1.54) is 5.69 Å². The number of benzene rings is 3. The molecule has 6 rings (SSSR count). The van der Waals surface area contributed by atoms with Gasteiger partial charge in [0.05, 0.1) is 5.57 Å². The third-order valence-corrected chi connectivity index (χ3v) is 6.85. The first-order valence-electron chi connectivity index (χ1n) is 12.0. The second kappa shape index (κ2) is 9.05. The van der Waals surface area contributed by atoms with Gasteiger partial charge in [-0.15, -0.1) is 0 Å². The van der Waals surface area contributed by atoms with Crippen molar-refractivity contribution in [1.82, 2.24) is 10.2 Å². The molecule has 0 saturated carbocycles. The molecule has 3 aliphatic heterocycles. The van der Waals surface area contributed by atoms with Gasteiger partial charge in [0.1, 0.15) is 0 Å². The Kier molecular flexibility index (Phi) is 5.58. The minimum Gasteiger partial charge on any atom is -0.454 e. The number of imide groups is 1. The number of carbonyl (C=O) groups is 2. The van der Waals surface area contributed by atoms with Gasteiger partial charge in [0.25, 0.3) is 11.8 Å². The van der Waals surface area contributed by atoms with Crippen LogP contribution in [0.3, 0.4) is 0 Å². The maximum Gasteiger partial charge on any atom is 0.260 e. The lowest BCUT2D eigenvalue weighted by Crippen LogP contribution is -2.44. The fourth-order valence-corrected chi connectivity index (χ4v) is 4.71. The van der Waals surface area contributed by atoms with Crippen molar-refractivity contribution >= 4 is 28.8 Å². The molecule has 0 unspecified atom stereocenters. The number of ether oxygens (including phenoxy) is 2. The van der Waals surface area contributed by atoms with Gasteiger partial charge in [0, 0.05) is 54.9 Å². The number of carbonyl (C=O) groups excluding carboxylic acids is 2. The topological polar surface area (TPSA) is 83.1 Å². The summed E-state index contributed by atoms with van der Waals surface area (Å²) in [5.74, 6) is 0.545. The molecule has 0 aromatic heterocycles. The van der Waals surface area contributed by atoms with Gasteiger partial charge in [0.2, 0.25) is 6.79 Å². The lowest BCUT2D eigenvalue weighted by Gasteiger charge is -2.34. The predicted octanol–water partition coefficient (Wildman–Crippen LogP) is 3.56. The second-order valence-corrected chi connectivity index (χ2v) is 9.15. The van der Waals surface area contributed by atoms with Crippen molar-refractivity contribution in [2.75, 3.05) is 50.2 Å². The van der Waals surface area contributed by atoms with Crippen LogP contribution in [0.2, 0.25) is 0 Å². The summed E-state index contributed by atoms with van der Waals surface area (Å²) in [5, 5.41) is 5.67. The monoisotopic (exact) mass is 482 g/mol. The molecule has 3 heterocycles. The summed E-state index contributed by atoms with van der Waals surface area (Å²) in [6.07, 6.45) is 1.66. The standard InChI is InChI=1S/C28H26N4O4/c1-31-10-12-32(13-11-31)21-6-4-20(5-7-21)29-16-24-23-14-18(2-8-22(23)27(33)30-28(24)34)19-3-9-25-26(15-19)36-17-35-25/h2-9,14-16,29H,10-13,17H2,1H3,(H,30,33,34)/b24-16-. The second-order valence-electron chi connectivity index (χ2n) is 9.15. The number of likely N-dealkylation sites (N-methyl/N-ethyl adjacent to an activating group) is 1. The fourth-order valence-electron chi connectivity index (χ4n) is 4.71. The van der Waals surface area contributed by atoms with Gasteiger partial charge in [-0.05, 0) is 66.7 Å². The Morgan fingerprint density at radius 2 is 1.53 bits per heavy atom. The van der Waals surface area contributed by atoms with Crippen molar-refractivity contribution in [3.63, 3.8) is 0 Å². The number of hydrogen-bond donors (Lipinski definition) is 2. The lowest BCUT2D eigenvalue weighted by molar-refractivity contribution is -0.114. The number of anilines is 2. The number of fused-ring (bicyclic) bond motifs is 2. The van der Waals surface area contributed by atoms with Gasteiger partial charge in [-0.3, -0.25) is 14.9 Å². The molecule has 0 radical (unpaired) electrons. The zero-order valence-corrected chi connectivity index (χ0v) is 19.9. The summed E-state index contributed by atoms with van der Waals surface area (Å²) in [6, 6.07) is 19.4. The molecule has 8 nitrogen and oxygen atoms in total. The molecule has 8 heteroatoms. The van der Waals surface area contributed by atoms with Crippen LogP contribution in [0.15, 0.2) is 66.9 Å². The number of piperazine rings is 1. The normalized spacial score (nSPS) is 18.2. The van der Waals surface area contributed by atoms with Crippen molar-refractivity contribution in [1.29, 1.82) is 0 Å². The van der Waals surface area contributed by atoms with Crippen LogP contribution >= 0.6 is 0 Å². The summed E-state index contributed by atoms with van der Waals surface area (Å²) >= 11 is 0. The van der Waals surface area contributed by atoms with E-state index < -0.39 is 11.8 Å². The van der Waals surface area contributed by atoms with Crippen molar-refractivity contribution in [3.8, 4) is 22.6 Å². The summed E-state index contributed by atoms with van der Waals surface area (Å²) in [5.41, 5.74) is 5.26. The van der Waals surface area contributed by atoms with E-state index >= 15 is 0 Å². The average Bonchev–Trinajstić information content (AvgIpc) is 3.37. The zero-order chi connectivity index (χ0) is 24.6. The molecule has 0 bridgehead atoms. The highest BCUT2D eigenvalue weighted by Crippen LogP contribution is 2.37. The van der Waals surface area contributed by atoms with E-state index in [2.05, 4.69) is 39.6 Å². The number of rotatable bonds is 4. The first-order valence-corrected chi connectivity index (χ1v) is 12.0. The van der Waals surface area contributed by atoms with Crippen LogP contribution in [0.4, 0.5) is 11.4 Å². The van der Waals surface area contributed by atoms with Gasteiger partial charge in [-0.25, -0.2) is 0 Å². The first-order chi connectivity index (χ1) is 17.5. The average molecular weight is 483 g/mol. The third-order valence-electron chi connectivity index (χ3n) is 6.85. The van der Waals surface area contributed by atoms with E-state index in [9.17, 15) is 9.59 Å². The maximum atomic E-state index is 12.8. The van der Waals surface area contributed by atoms with Crippen LogP contribution in [-0.2, 0) is 4.79 Å². The summed E-state index contributed by atoms with van der Waals surface area (Å²) in [4.78, 5) is 30.0. The highest BCUT2D eigenvalue weighted by Gasteiger charge is 2.28. The fraction of sp³-hybridized carbons (Fsp3) is 0.214. The molecular formula is C28H26N4O4. The Morgan fingerprint density at radius 3 is 2.33 bits per heavy atom. The van der Waals surface area contributed by atoms with Gasteiger partial charge < -0.3 is 24.6 Å². The molecule has 0 atom stereocenters. The van der Waals surface area contributed by atoms with E-state index in [0.717, 1.165) is 43.0 Å². The van der Waals surface area contributed by atoms with Gasteiger partial charge in [0.15, 0.2) is 11.5 Å². The molecule has 36 heavy (non-hydrogen) atoms. The largest absolute Gasteiger partial charge is 0.454 e. The van der Waals surface area contributed by atoms with Crippen molar-refractivity contribution in [2.45, 2.75) is 0 Å². The molecule has 3 aromatic carbocycles. The quantitative estimate of drug-likeness (QED) is 0.435. The molecule has 182 valence electrons. The van der Waals surface area contributed by atoms with Crippen LogP contribution in [0.25, 0.3) is 16.7 Å². The Morgan fingerprint density at radius 1 is 0.806 bits per heavy atom. The Hall–Kier alpha value is -4.30. The van der Waals surface area contributed by atoms with Gasteiger partial charge in [-0.1, -0.05) is 12.1 Å². The molecule has 3 aromatic rings. The van der Waals surface area contributed by atoms with Crippen LogP contribution in [0, 0.1) is 0 Å². The Labute approximate surface area is 209 Å². The molecule has 0 spiro atoms. The van der Waals surface area contributed by atoms with Crippen LogP contribution in [0.1, 0.15) is 15.9 Å². The number of hydrogen-bond acceptors (Lipinski definition) is 7. The van der Waals surface area contributed by atoms with Gasteiger partial charge >= 0.3 is 0 Å². The van der Waals surface area contributed by atoms with E-state index in [1.54, 1.807) is 12.3 Å². The summed E-state index contributed by atoms with van der Waals surface area (Å²) in [6.45, 7) is 4.31. The number of nitrogens with one attached hydrogen (secondary N) is 2. The molecule has 2 amide bonds. The first kappa shape index (κ1) is 22.2. The van der Waals surface area contributed by atoms with E-state index in [4.69, 9.17) is 9.47 Å². The summed E-state index contributed by atoms with van der Waals surface area (Å²) < 4.78 is 10.9. The maximum absolute atomic E-state index is 12.8. The highest BCUT2D eigenvalue weighted by atomic mass is 16.7. The minimum atomic E-state index is -0.433. The van der Waals surface area contributed by atoms with E-state index in [-0.39, 0.29) is 6.79 Å². The molecule has 2 N–H and O–H groups in total. The van der Waals surface area contributed by atoms with Crippen LogP contribution in [-0.4, -0.2) is 56.7 Å². The molecule has 1 fully saturated rings. The lowest BCUT2D eigenvalue weighted by atomic mass is 9.91. The van der Waals surface area contributed by atoms with Crippen LogP contribution in [0.5, 0.6) is 11.5 Å². The number of nitrogens with zero attached hydrogens (tertiary/aromatic N) is 2. The predicted molar refractivity (Wildman–Crippen MR) is 138 cm³/mol.